The average molecular weight is 819 g/mol. The number of hydrogen-bond acceptors (Lipinski definition) is 10. The van der Waals surface area contributed by atoms with Crippen molar-refractivity contribution in [2.24, 2.45) is 5.92 Å². The van der Waals surface area contributed by atoms with E-state index < -0.39 is 37.5 Å². The van der Waals surface area contributed by atoms with E-state index in [2.05, 4.69) is 16.0 Å². The Kier molecular flexibility index (Phi) is 18.0. The summed E-state index contributed by atoms with van der Waals surface area (Å²) < 4.78 is 38.6. The van der Waals surface area contributed by atoms with Gasteiger partial charge in [0.15, 0.2) is 5.76 Å². The molecule has 3 N–H and O–H groups in total. The molecule has 15 heteroatoms. The fraction of sp³-hybridized carbons (Fsp3) is 0.395. The van der Waals surface area contributed by atoms with E-state index in [0.717, 1.165) is 29.0 Å². The van der Waals surface area contributed by atoms with Crippen LogP contribution in [0.15, 0.2) is 95.4 Å². The van der Waals surface area contributed by atoms with E-state index in [1.807, 2.05) is 74.5 Å². The topological polar surface area (TPSA) is 175 Å². The van der Waals surface area contributed by atoms with Crippen LogP contribution in [0.2, 0.25) is 0 Å². The lowest BCUT2D eigenvalue weighted by molar-refractivity contribution is -0.169. The third-order valence-corrected chi connectivity index (χ3v) is 10.8. The molecule has 0 saturated heterocycles. The van der Waals surface area contributed by atoms with Crippen LogP contribution >= 0.6 is 7.60 Å². The minimum absolute atomic E-state index is 0.0277. The van der Waals surface area contributed by atoms with Gasteiger partial charge in [-0.2, -0.15) is 5.06 Å². The van der Waals surface area contributed by atoms with Gasteiger partial charge < -0.3 is 39.0 Å². The number of ether oxygens (including phenoxy) is 1. The first-order valence-electron chi connectivity index (χ1n) is 19.6. The van der Waals surface area contributed by atoms with Crippen LogP contribution in [0.25, 0.3) is 11.3 Å². The van der Waals surface area contributed by atoms with Gasteiger partial charge in [-0.1, -0.05) is 93.8 Å². The van der Waals surface area contributed by atoms with Gasteiger partial charge in [0.05, 0.1) is 43.8 Å². The summed E-state index contributed by atoms with van der Waals surface area (Å²) in [4.78, 5) is 56.4. The number of nitrogens with zero attached hydrogens (tertiary/aromatic N) is 1. The molecule has 2 atom stereocenters. The number of carbonyl (C=O) groups is 4. The highest BCUT2D eigenvalue weighted by Gasteiger charge is 2.34. The van der Waals surface area contributed by atoms with Crippen LogP contribution < -0.4 is 26.0 Å². The van der Waals surface area contributed by atoms with E-state index in [0.29, 0.717) is 43.6 Å². The van der Waals surface area contributed by atoms with Gasteiger partial charge in [-0.3, -0.25) is 18.9 Å². The molecule has 0 spiro atoms. The lowest BCUT2D eigenvalue weighted by Gasteiger charge is -2.32. The predicted molar refractivity (Wildman–Crippen MR) is 220 cm³/mol. The molecule has 58 heavy (non-hydrogen) atoms. The molecule has 3 aromatic carbocycles. The molecule has 4 rings (SSSR count). The standard InChI is InChI=1S/C43H55N4O10P/c1-6-9-12-21-37(38(7-2)47(30-48)57-43(51)46-31(4)5)41(49)44-29-45-42(50)40-23-22-39(56-40)34-24-35(53-8-3)26-36(25-34)58(52,54-27-32-17-13-10-14-18-32)55-28-33-19-15-11-16-20-33/h10-11,13-20,22-26,30-31,37-38H,6-9,12,21,27-29H2,1-5H3,(H,44,49)(H,45,50)(H,46,51)/t37-,38-/m1/s1. The Morgan fingerprint density at radius 3 is 2.07 bits per heavy atom. The first kappa shape index (κ1) is 45.3. The van der Waals surface area contributed by atoms with E-state index in [9.17, 15) is 23.7 Å². The summed E-state index contributed by atoms with van der Waals surface area (Å²) in [5.74, 6) is -1.11. The molecule has 0 fully saturated rings. The van der Waals surface area contributed by atoms with Crippen LogP contribution in [-0.4, -0.2) is 54.7 Å². The zero-order valence-electron chi connectivity index (χ0n) is 33.8. The molecule has 0 aliphatic carbocycles. The number of carbonyl (C=O) groups excluding carboxylic acids is 4. The first-order chi connectivity index (χ1) is 28.0. The number of hydrogen-bond donors (Lipinski definition) is 3. The molecule has 1 aromatic heterocycles. The van der Waals surface area contributed by atoms with Crippen molar-refractivity contribution >= 4 is 37.2 Å². The highest BCUT2D eigenvalue weighted by atomic mass is 31.2. The van der Waals surface area contributed by atoms with Gasteiger partial charge in [-0.15, -0.1) is 0 Å². The van der Waals surface area contributed by atoms with E-state index in [-0.39, 0.29) is 42.7 Å². The predicted octanol–water partition coefficient (Wildman–Crippen LogP) is 7.88. The lowest BCUT2D eigenvalue weighted by Crippen LogP contribution is -2.50. The zero-order chi connectivity index (χ0) is 41.9. The Morgan fingerprint density at radius 2 is 1.50 bits per heavy atom. The van der Waals surface area contributed by atoms with Crippen LogP contribution in [0.1, 0.15) is 88.4 Å². The summed E-state index contributed by atoms with van der Waals surface area (Å²) in [6.45, 7) is 9.31. The molecule has 1 heterocycles. The van der Waals surface area contributed by atoms with Crippen LogP contribution in [-0.2, 0) is 41.3 Å². The summed E-state index contributed by atoms with van der Waals surface area (Å²) >= 11 is 0. The molecule has 0 radical (unpaired) electrons. The third kappa shape index (κ3) is 13.6. The van der Waals surface area contributed by atoms with E-state index in [1.54, 1.807) is 45.0 Å². The Labute approximate surface area is 340 Å². The van der Waals surface area contributed by atoms with Crippen molar-refractivity contribution in [3.63, 3.8) is 0 Å². The largest absolute Gasteiger partial charge is 0.494 e. The van der Waals surface area contributed by atoms with Gasteiger partial charge in [0, 0.05) is 11.6 Å². The van der Waals surface area contributed by atoms with Crippen molar-refractivity contribution in [3.05, 3.63) is 108 Å². The number of unbranched alkanes of at least 4 members (excludes halogenated alkanes) is 2. The maximum atomic E-state index is 14.6. The maximum absolute atomic E-state index is 14.6. The van der Waals surface area contributed by atoms with Crippen molar-refractivity contribution in [1.29, 1.82) is 0 Å². The summed E-state index contributed by atoms with van der Waals surface area (Å²) in [7, 11) is -3.98. The molecular formula is C43H55N4O10P. The highest BCUT2D eigenvalue weighted by molar-refractivity contribution is 7.62. The number of nitrogens with one attached hydrogen (secondary N) is 3. The van der Waals surface area contributed by atoms with Gasteiger partial charge in [-0.05, 0) is 75.1 Å². The van der Waals surface area contributed by atoms with Crippen molar-refractivity contribution in [3.8, 4) is 17.1 Å². The smallest absolute Gasteiger partial charge is 0.431 e. The lowest BCUT2D eigenvalue weighted by atomic mass is 9.90. The number of hydroxylamine groups is 2. The van der Waals surface area contributed by atoms with Crippen molar-refractivity contribution < 1.29 is 46.8 Å². The Bertz CT molecular complexity index is 1910. The van der Waals surface area contributed by atoms with Gasteiger partial charge >= 0.3 is 13.7 Å². The molecule has 0 bridgehead atoms. The second kappa shape index (κ2) is 23.1. The first-order valence-corrected chi connectivity index (χ1v) is 21.2. The summed E-state index contributed by atoms with van der Waals surface area (Å²) in [6.07, 6.45) is 2.83. The monoisotopic (exact) mass is 818 g/mol. The van der Waals surface area contributed by atoms with Crippen molar-refractivity contribution in [2.45, 2.75) is 92.0 Å². The third-order valence-electron chi connectivity index (χ3n) is 9.00. The highest BCUT2D eigenvalue weighted by Crippen LogP contribution is 2.50. The number of amides is 4. The van der Waals surface area contributed by atoms with Crippen LogP contribution in [0.4, 0.5) is 4.79 Å². The Morgan fingerprint density at radius 1 is 0.845 bits per heavy atom. The second-order valence-corrected chi connectivity index (χ2v) is 15.8. The Hall–Kier alpha value is -5.43. The summed E-state index contributed by atoms with van der Waals surface area (Å²) in [6, 6.07) is 25.8. The fourth-order valence-electron chi connectivity index (χ4n) is 6.11. The zero-order valence-corrected chi connectivity index (χ0v) is 34.7. The quantitative estimate of drug-likeness (QED) is 0.0207. The number of rotatable bonds is 24. The molecular weight excluding hydrogens is 763 g/mol. The summed E-state index contributed by atoms with van der Waals surface area (Å²) in [5.41, 5.74) is 2.08. The normalized spacial score (nSPS) is 12.3. The van der Waals surface area contributed by atoms with Crippen LogP contribution in [0, 0.1) is 5.92 Å². The van der Waals surface area contributed by atoms with E-state index in [4.69, 9.17) is 23.0 Å². The minimum atomic E-state index is -3.98. The molecule has 312 valence electrons. The summed E-state index contributed by atoms with van der Waals surface area (Å²) in [5, 5.41) is 9.08. The maximum Gasteiger partial charge on any atom is 0.431 e. The van der Waals surface area contributed by atoms with E-state index >= 15 is 0 Å². The Balaban J connectivity index is 1.50. The molecule has 0 unspecified atom stereocenters. The van der Waals surface area contributed by atoms with E-state index in [1.165, 1.54) is 6.07 Å². The van der Waals surface area contributed by atoms with Crippen LogP contribution in [0.5, 0.6) is 5.75 Å². The fourth-order valence-corrected chi connectivity index (χ4v) is 7.71. The number of furan rings is 1. The van der Waals surface area contributed by atoms with Crippen molar-refractivity contribution in [2.75, 3.05) is 13.3 Å². The molecule has 4 aromatic rings. The molecule has 0 aliphatic rings. The average Bonchev–Trinajstić information content (AvgIpc) is 3.73. The van der Waals surface area contributed by atoms with Crippen molar-refractivity contribution in [1.82, 2.24) is 21.0 Å². The molecule has 4 amide bonds. The van der Waals surface area contributed by atoms with Gasteiger partial charge in [0.1, 0.15) is 11.5 Å². The minimum Gasteiger partial charge on any atom is -0.494 e. The SMILES string of the molecule is CCCCC[C@@H](C(=O)NCNC(=O)c1ccc(-c2cc(OCC)cc(P(=O)(OCc3ccccc3)OCc3ccccc3)c2)o1)[C@@H](CC)N(C=O)OC(=O)NC(C)C. The van der Waals surface area contributed by atoms with Gasteiger partial charge in [0.25, 0.3) is 5.91 Å². The van der Waals surface area contributed by atoms with Crippen LogP contribution in [0.3, 0.4) is 0 Å². The molecule has 14 nitrogen and oxygen atoms in total. The van der Waals surface area contributed by atoms with Gasteiger partial charge in [0.2, 0.25) is 12.3 Å². The molecule has 0 saturated carbocycles. The second-order valence-electron chi connectivity index (χ2n) is 13.8. The number of benzene rings is 3. The van der Waals surface area contributed by atoms with Gasteiger partial charge in [-0.25, -0.2) is 4.79 Å². The molecule has 0 aliphatic heterocycles.